The van der Waals surface area contributed by atoms with Crippen molar-refractivity contribution in [3.8, 4) is 0 Å². The van der Waals surface area contributed by atoms with E-state index in [9.17, 15) is 28.7 Å². The van der Waals surface area contributed by atoms with Gasteiger partial charge in [-0.3, -0.25) is 9.13 Å². The standard InChI is InChI=1S/C18H27NO6P2.ClH/c1-5-10-11(6-2)16-14(9-15(10)26(20,21)22)18(27(23,24)25)13(8-4)12(7-3)17(16)19;/h9H,5-8,19H2,1-4H3,(H2,20,21,22)(H2,23,24,25);1H. The molecule has 0 amide bonds. The first kappa shape index (κ1) is 25.1. The third kappa shape index (κ3) is 4.17. The number of nitrogens with two attached hydrogens (primary N) is 1. The van der Waals surface area contributed by atoms with Crippen LogP contribution in [0.5, 0.6) is 0 Å². The Labute approximate surface area is 171 Å². The second-order valence-corrected chi connectivity index (χ2v) is 9.60. The number of anilines is 1. The molecule has 0 saturated heterocycles. The number of halogens is 1. The third-order valence-electron chi connectivity index (χ3n) is 5.04. The molecule has 0 radical (unpaired) electrons. The Morgan fingerprint density at radius 1 is 0.786 bits per heavy atom. The predicted molar refractivity (Wildman–Crippen MR) is 116 cm³/mol. The molecule has 2 rings (SSSR count). The monoisotopic (exact) mass is 451 g/mol. The van der Waals surface area contributed by atoms with Gasteiger partial charge in [-0.2, -0.15) is 0 Å². The number of benzene rings is 2. The van der Waals surface area contributed by atoms with Crippen LogP contribution in [0.2, 0.25) is 0 Å². The average Bonchev–Trinajstić information content (AvgIpc) is 2.57. The van der Waals surface area contributed by atoms with Crippen LogP contribution in [0.25, 0.3) is 10.8 Å². The minimum Gasteiger partial charge on any atom is -0.398 e. The predicted octanol–water partition coefficient (Wildman–Crippen LogP) is 2.70. The molecule has 28 heavy (non-hydrogen) atoms. The lowest BCUT2D eigenvalue weighted by atomic mass is 9.89. The van der Waals surface area contributed by atoms with Crippen molar-refractivity contribution in [2.24, 2.45) is 0 Å². The molecule has 10 heteroatoms. The summed E-state index contributed by atoms with van der Waals surface area (Å²) in [7, 11) is -9.35. The smallest absolute Gasteiger partial charge is 0.357 e. The number of hydrogen-bond acceptors (Lipinski definition) is 3. The van der Waals surface area contributed by atoms with Gasteiger partial charge in [0, 0.05) is 16.5 Å². The van der Waals surface area contributed by atoms with Gasteiger partial charge in [0.25, 0.3) is 0 Å². The summed E-state index contributed by atoms with van der Waals surface area (Å²) in [5.41, 5.74) is 9.14. The fourth-order valence-corrected chi connectivity index (χ4v) is 6.12. The lowest BCUT2D eigenvalue weighted by Crippen LogP contribution is -2.22. The van der Waals surface area contributed by atoms with Gasteiger partial charge in [-0.25, -0.2) is 0 Å². The van der Waals surface area contributed by atoms with Gasteiger partial charge in [-0.15, -0.1) is 12.4 Å². The fraction of sp³-hybridized carbons (Fsp3) is 0.444. The molecule has 0 unspecified atom stereocenters. The van der Waals surface area contributed by atoms with Crippen molar-refractivity contribution in [2.45, 2.75) is 53.4 Å². The maximum atomic E-state index is 12.4. The van der Waals surface area contributed by atoms with Crippen molar-refractivity contribution in [1.29, 1.82) is 0 Å². The highest BCUT2D eigenvalue weighted by Crippen LogP contribution is 2.45. The van der Waals surface area contributed by atoms with Gasteiger partial charge >= 0.3 is 15.2 Å². The number of rotatable bonds is 6. The highest BCUT2D eigenvalue weighted by molar-refractivity contribution is 7.61. The zero-order valence-corrected chi connectivity index (χ0v) is 19.0. The van der Waals surface area contributed by atoms with Gasteiger partial charge in [0.15, 0.2) is 0 Å². The molecule has 6 N–H and O–H groups in total. The molecule has 0 aliphatic rings. The summed E-state index contributed by atoms with van der Waals surface area (Å²) >= 11 is 0. The molecule has 2 aromatic rings. The fourth-order valence-electron chi connectivity index (χ4n) is 4.04. The van der Waals surface area contributed by atoms with E-state index < -0.39 is 15.2 Å². The average molecular weight is 452 g/mol. The van der Waals surface area contributed by atoms with Crippen LogP contribution in [0.3, 0.4) is 0 Å². The maximum Gasteiger partial charge on any atom is 0.357 e. The zero-order chi connectivity index (χ0) is 20.7. The van der Waals surface area contributed by atoms with Gasteiger partial charge in [0.2, 0.25) is 0 Å². The largest absolute Gasteiger partial charge is 0.398 e. The number of hydrogen-bond donors (Lipinski definition) is 5. The maximum absolute atomic E-state index is 12.4. The molecule has 0 saturated carbocycles. The highest BCUT2D eigenvalue weighted by atomic mass is 35.5. The van der Waals surface area contributed by atoms with Crippen molar-refractivity contribution >= 4 is 54.7 Å². The minimum absolute atomic E-state index is 0. The second kappa shape index (κ2) is 8.85. The molecule has 7 nitrogen and oxygen atoms in total. The Kier molecular flexibility index (Phi) is 7.94. The molecule has 0 bridgehead atoms. The van der Waals surface area contributed by atoms with Crippen LogP contribution in [0.1, 0.15) is 49.9 Å². The summed E-state index contributed by atoms with van der Waals surface area (Å²) in [6.07, 6.45) is 1.67. The Balaban J connectivity index is 0.00000392. The van der Waals surface area contributed by atoms with E-state index in [1.807, 2.05) is 13.8 Å². The van der Waals surface area contributed by atoms with E-state index in [-0.39, 0.29) is 28.4 Å². The van der Waals surface area contributed by atoms with Crippen LogP contribution in [-0.2, 0) is 34.8 Å². The minimum atomic E-state index is -4.71. The Morgan fingerprint density at radius 3 is 1.61 bits per heavy atom. The van der Waals surface area contributed by atoms with Crippen molar-refractivity contribution in [1.82, 2.24) is 0 Å². The molecule has 2 aromatic carbocycles. The summed E-state index contributed by atoms with van der Waals surface area (Å²) in [5.74, 6) is 0. The summed E-state index contributed by atoms with van der Waals surface area (Å²) in [6, 6.07) is 1.23. The van der Waals surface area contributed by atoms with Crippen LogP contribution >= 0.6 is 27.6 Å². The zero-order valence-electron chi connectivity index (χ0n) is 16.4. The van der Waals surface area contributed by atoms with Crippen LogP contribution in [-0.4, -0.2) is 19.6 Å². The molecule has 0 aliphatic carbocycles. The van der Waals surface area contributed by atoms with E-state index in [0.717, 1.165) is 0 Å². The lowest BCUT2D eigenvalue weighted by Gasteiger charge is -2.24. The first-order chi connectivity index (χ1) is 12.4. The topological polar surface area (TPSA) is 141 Å². The molecule has 0 aliphatic heterocycles. The van der Waals surface area contributed by atoms with E-state index >= 15 is 0 Å². The quantitative estimate of drug-likeness (QED) is 0.336. The lowest BCUT2D eigenvalue weighted by molar-refractivity contribution is 0.385. The Morgan fingerprint density at radius 2 is 1.25 bits per heavy atom. The van der Waals surface area contributed by atoms with Crippen molar-refractivity contribution < 1.29 is 28.7 Å². The van der Waals surface area contributed by atoms with Gasteiger partial charge in [-0.1, -0.05) is 27.7 Å². The molecule has 158 valence electrons. The van der Waals surface area contributed by atoms with Crippen LogP contribution in [0.15, 0.2) is 6.07 Å². The molecule has 0 atom stereocenters. The molecule has 0 aromatic heterocycles. The van der Waals surface area contributed by atoms with E-state index in [2.05, 4.69) is 0 Å². The molecule has 0 fully saturated rings. The van der Waals surface area contributed by atoms with Crippen LogP contribution < -0.4 is 16.3 Å². The number of aryl methyl sites for hydroxylation is 1. The Bertz CT molecular complexity index is 996. The van der Waals surface area contributed by atoms with Gasteiger partial charge < -0.3 is 25.3 Å². The first-order valence-electron chi connectivity index (χ1n) is 8.97. The summed E-state index contributed by atoms with van der Waals surface area (Å²) < 4.78 is 24.5. The van der Waals surface area contributed by atoms with Crippen LogP contribution in [0.4, 0.5) is 5.69 Å². The molecule has 0 heterocycles. The Hall–Kier alpha value is -0.910. The van der Waals surface area contributed by atoms with Crippen molar-refractivity contribution in [3.05, 3.63) is 28.3 Å². The first-order valence-corrected chi connectivity index (χ1v) is 12.2. The van der Waals surface area contributed by atoms with Crippen molar-refractivity contribution in [3.63, 3.8) is 0 Å². The summed E-state index contributed by atoms with van der Waals surface area (Å²) in [6.45, 7) is 7.29. The van der Waals surface area contributed by atoms with Gasteiger partial charge in [0.05, 0.1) is 10.6 Å². The van der Waals surface area contributed by atoms with Gasteiger partial charge in [0.1, 0.15) is 0 Å². The SMILES string of the molecule is CCc1c(CC)c(N)c2c(CC)c(CC)c(P(=O)(O)O)cc2c1P(=O)(O)O.Cl. The van der Waals surface area contributed by atoms with Crippen LogP contribution in [0, 0.1) is 0 Å². The molecule has 0 spiro atoms. The van der Waals surface area contributed by atoms with E-state index in [1.54, 1.807) is 13.8 Å². The summed E-state index contributed by atoms with van der Waals surface area (Å²) in [4.78, 5) is 39.9. The van der Waals surface area contributed by atoms with E-state index in [4.69, 9.17) is 5.73 Å². The number of nitrogen functional groups attached to an aromatic ring is 1. The van der Waals surface area contributed by atoms with E-state index in [1.165, 1.54) is 6.07 Å². The molecular weight excluding hydrogens is 424 g/mol. The summed E-state index contributed by atoms with van der Waals surface area (Å²) in [5, 5.41) is 0.286. The highest BCUT2D eigenvalue weighted by Gasteiger charge is 2.32. The second-order valence-electron chi connectivity index (χ2n) is 6.50. The van der Waals surface area contributed by atoms with Gasteiger partial charge in [-0.05, 0) is 54.0 Å². The normalized spacial score (nSPS) is 12.3. The molecular formula is C18H28ClNO6P2. The van der Waals surface area contributed by atoms with Crippen molar-refractivity contribution in [2.75, 3.05) is 5.73 Å². The van der Waals surface area contributed by atoms with E-state index in [0.29, 0.717) is 59.0 Å². The third-order valence-corrected chi connectivity index (χ3v) is 7.16. The number of fused-ring (bicyclic) bond motifs is 1.